The van der Waals surface area contributed by atoms with Crippen molar-refractivity contribution in [1.82, 2.24) is 0 Å². The molecule has 0 aliphatic carbocycles. The van der Waals surface area contributed by atoms with Crippen molar-refractivity contribution in [3.05, 3.63) is 71.9 Å². The van der Waals surface area contributed by atoms with Crippen LogP contribution in [-0.2, 0) is 9.53 Å². The molecule has 2 aromatic rings. The van der Waals surface area contributed by atoms with Crippen LogP contribution in [0, 0.1) is 0 Å². The summed E-state index contributed by atoms with van der Waals surface area (Å²) in [7, 11) is 1.27. The van der Waals surface area contributed by atoms with E-state index >= 15 is 0 Å². The van der Waals surface area contributed by atoms with E-state index in [1.165, 1.54) is 13.2 Å². The standard InChI is InChI=1S/C19H19NO4/c1-3-24-16-11-9-15(10-12-16)20-17(19(22)23-2)13-18(21)14-7-5-4-6-8-14/h4-13,20H,3H2,1-2H3/b17-13+. The van der Waals surface area contributed by atoms with E-state index in [2.05, 4.69) is 5.32 Å². The summed E-state index contributed by atoms with van der Waals surface area (Å²) in [4.78, 5) is 24.2. The summed E-state index contributed by atoms with van der Waals surface area (Å²) in [5.41, 5.74) is 1.21. The summed E-state index contributed by atoms with van der Waals surface area (Å²) in [5.74, 6) is -0.172. The molecule has 124 valence electrons. The number of ether oxygens (including phenoxy) is 2. The van der Waals surface area contributed by atoms with Crippen LogP contribution in [0.1, 0.15) is 17.3 Å². The number of ketones is 1. The molecule has 0 amide bonds. The molecule has 5 heteroatoms. The number of anilines is 1. The molecular formula is C19H19NO4. The normalized spacial score (nSPS) is 10.8. The second kappa shape index (κ2) is 8.53. The number of rotatable bonds is 7. The molecule has 0 spiro atoms. The van der Waals surface area contributed by atoms with Crippen molar-refractivity contribution in [3.8, 4) is 5.75 Å². The highest BCUT2D eigenvalue weighted by Crippen LogP contribution is 2.18. The second-order valence-electron chi connectivity index (χ2n) is 4.86. The monoisotopic (exact) mass is 325 g/mol. The zero-order chi connectivity index (χ0) is 17.4. The summed E-state index contributed by atoms with van der Waals surface area (Å²) < 4.78 is 10.1. The highest BCUT2D eigenvalue weighted by atomic mass is 16.5. The van der Waals surface area contributed by atoms with Crippen molar-refractivity contribution in [3.63, 3.8) is 0 Å². The lowest BCUT2D eigenvalue weighted by Crippen LogP contribution is -2.15. The van der Waals surface area contributed by atoms with Crippen molar-refractivity contribution in [2.75, 3.05) is 19.0 Å². The van der Waals surface area contributed by atoms with Gasteiger partial charge in [0.05, 0.1) is 13.7 Å². The van der Waals surface area contributed by atoms with Gasteiger partial charge >= 0.3 is 5.97 Å². The predicted molar refractivity (Wildman–Crippen MR) is 92.1 cm³/mol. The molecule has 0 heterocycles. The Morgan fingerprint density at radius 1 is 1.04 bits per heavy atom. The predicted octanol–water partition coefficient (Wildman–Crippen LogP) is 3.44. The van der Waals surface area contributed by atoms with E-state index in [0.717, 1.165) is 5.75 Å². The first kappa shape index (κ1) is 17.3. The van der Waals surface area contributed by atoms with Gasteiger partial charge in [-0.2, -0.15) is 0 Å². The fourth-order valence-electron chi connectivity index (χ4n) is 2.03. The summed E-state index contributed by atoms with van der Waals surface area (Å²) in [6, 6.07) is 15.8. The number of methoxy groups -OCH3 is 1. The Balaban J connectivity index is 2.20. The molecule has 0 radical (unpaired) electrons. The maximum absolute atomic E-state index is 12.3. The van der Waals surface area contributed by atoms with E-state index < -0.39 is 5.97 Å². The van der Waals surface area contributed by atoms with Gasteiger partial charge in [0.15, 0.2) is 5.78 Å². The van der Waals surface area contributed by atoms with Crippen LogP contribution in [0.15, 0.2) is 66.4 Å². The van der Waals surface area contributed by atoms with Crippen molar-refractivity contribution in [2.24, 2.45) is 0 Å². The largest absolute Gasteiger partial charge is 0.494 e. The summed E-state index contributed by atoms with van der Waals surface area (Å²) >= 11 is 0. The summed E-state index contributed by atoms with van der Waals surface area (Å²) in [6.45, 7) is 2.48. The van der Waals surface area contributed by atoms with Gasteiger partial charge in [0, 0.05) is 17.3 Å². The fourth-order valence-corrected chi connectivity index (χ4v) is 2.03. The molecule has 1 N–H and O–H groups in total. The van der Waals surface area contributed by atoms with Crippen molar-refractivity contribution in [1.29, 1.82) is 0 Å². The molecule has 0 saturated carbocycles. The van der Waals surface area contributed by atoms with Gasteiger partial charge in [0.2, 0.25) is 0 Å². The lowest BCUT2D eigenvalue weighted by Gasteiger charge is -2.10. The number of allylic oxidation sites excluding steroid dienone is 1. The lowest BCUT2D eigenvalue weighted by molar-refractivity contribution is -0.135. The Morgan fingerprint density at radius 2 is 1.71 bits per heavy atom. The molecular weight excluding hydrogens is 306 g/mol. The number of esters is 1. The fraction of sp³-hybridized carbons (Fsp3) is 0.158. The average molecular weight is 325 g/mol. The van der Waals surface area contributed by atoms with Crippen LogP contribution in [0.5, 0.6) is 5.75 Å². The number of carbonyl (C=O) groups is 2. The summed E-state index contributed by atoms with van der Waals surface area (Å²) in [6.07, 6.45) is 1.23. The van der Waals surface area contributed by atoms with E-state index in [0.29, 0.717) is 17.9 Å². The first-order valence-corrected chi connectivity index (χ1v) is 7.53. The SMILES string of the molecule is CCOc1ccc(N/C(=C/C(=O)c2ccccc2)C(=O)OC)cc1. The molecule has 0 unspecified atom stereocenters. The number of hydrogen-bond donors (Lipinski definition) is 1. The molecule has 0 bridgehead atoms. The van der Waals surface area contributed by atoms with Gasteiger partial charge in [-0.1, -0.05) is 30.3 Å². The van der Waals surface area contributed by atoms with E-state index in [9.17, 15) is 9.59 Å². The molecule has 0 saturated heterocycles. The van der Waals surface area contributed by atoms with E-state index in [4.69, 9.17) is 9.47 Å². The van der Waals surface area contributed by atoms with E-state index in [1.54, 1.807) is 48.5 Å². The Hall–Kier alpha value is -3.08. The zero-order valence-electron chi connectivity index (χ0n) is 13.6. The number of nitrogens with one attached hydrogen (secondary N) is 1. The number of carbonyl (C=O) groups excluding carboxylic acids is 2. The topological polar surface area (TPSA) is 64.6 Å². The maximum Gasteiger partial charge on any atom is 0.354 e. The van der Waals surface area contributed by atoms with Gasteiger partial charge < -0.3 is 14.8 Å². The minimum atomic E-state index is -0.617. The molecule has 0 aromatic heterocycles. The van der Waals surface area contributed by atoms with Crippen molar-refractivity contribution < 1.29 is 19.1 Å². The smallest absolute Gasteiger partial charge is 0.354 e. The average Bonchev–Trinajstić information content (AvgIpc) is 2.63. The molecule has 0 aliphatic rings. The van der Waals surface area contributed by atoms with Crippen LogP contribution in [-0.4, -0.2) is 25.5 Å². The minimum Gasteiger partial charge on any atom is -0.494 e. The Bertz CT molecular complexity index is 721. The number of hydrogen-bond acceptors (Lipinski definition) is 5. The van der Waals surface area contributed by atoms with E-state index in [-0.39, 0.29) is 11.5 Å². The van der Waals surface area contributed by atoms with Crippen molar-refractivity contribution >= 4 is 17.4 Å². The molecule has 5 nitrogen and oxygen atoms in total. The second-order valence-corrected chi connectivity index (χ2v) is 4.86. The van der Waals surface area contributed by atoms with Crippen LogP contribution in [0.3, 0.4) is 0 Å². The molecule has 2 aromatic carbocycles. The van der Waals surface area contributed by atoms with Crippen LogP contribution in [0.25, 0.3) is 0 Å². The molecule has 0 fully saturated rings. The van der Waals surface area contributed by atoms with Gasteiger partial charge in [0.1, 0.15) is 11.4 Å². The van der Waals surface area contributed by atoms with Crippen LogP contribution in [0.4, 0.5) is 5.69 Å². The quantitative estimate of drug-likeness (QED) is 0.480. The third-order valence-electron chi connectivity index (χ3n) is 3.18. The highest BCUT2D eigenvalue weighted by Gasteiger charge is 2.13. The molecule has 24 heavy (non-hydrogen) atoms. The lowest BCUT2D eigenvalue weighted by atomic mass is 10.1. The third kappa shape index (κ3) is 4.71. The summed E-state index contributed by atoms with van der Waals surface area (Å²) in [5, 5.41) is 2.91. The highest BCUT2D eigenvalue weighted by molar-refractivity contribution is 6.09. The van der Waals surface area contributed by atoms with Gasteiger partial charge in [-0.3, -0.25) is 4.79 Å². The van der Waals surface area contributed by atoms with Gasteiger partial charge in [-0.15, -0.1) is 0 Å². The van der Waals surface area contributed by atoms with E-state index in [1.807, 2.05) is 13.0 Å². The number of benzene rings is 2. The van der Waals surface area contributed by atoms with Gasteiger partial charge in [0.25, 0.3) is 0 Å². The molecule has 0 atom stereocenters. The molecule has 2 rings (SSSR count). The Kier molecular flexibility index (Phi) is 6.14. The third-order valence-corrected chi connectivity index (χ3v) is 3.18. The van der Waals surface area contributed by atoms with Gasteiger partial charge in [-0.05, 0) is 31.2 Å². The zero-order valence-corrected chi connectivity index (χ0v) is 13.6. The Labute approximate surface area is 140 Å². The minimum absolute atomic E-state index is 0.0653. The van der Waals surface area contributed by atoms with Crippen molar-refractivity contribution in [2.45, 2.75) is 6.92 Å². The maximum atomic E-state index is 12.3. The van der Waals surface area contributed by atoms with Crippen LogP contribution >= 0.6 is 0 Å². The molecule has 0 aliphatic heterocycles. The van der Waals surface area contributed by atoms with Gasteiger partial charge in [-0.25, -0.2) is 4.79 Å². The van der Waals surface area contributed by atoms with Crippen LogP contribution in [0.2, 0.25) is 0 Å². The first-order valence-electron chi connectivity index (χ1n) is 7.53. The Morgan fingerprint density at radius 3 is 2.29 bits per heavy atom. The first-order chi connectivity index (χ1) is 11.6. The van der Waals surface area contributed by atoms with Crippen LogP contribution < -0.4 is 10.1 Å².